The standard InChI is InChI=1S/C23H15ClN8S/c1-2-26-13-9-12(10-25-11-13)14-3-4-16-20(28-14)22(32-31-16)23-29-15-7-8-27-21(19(15)30-23)17-5-6-18(24)33-17/h2-11,26H,1H2,(H,29,30)(H,31,32). The van der Waals surface area contributed by atoms with Gasteiger partial charge < -0.3 is 10.3 Å². The number of aromatic amines is 2. The fourth-order valence-corrected chi connectivity index (χ4v) is 4.71. The summed E-state index contributed by atoms with van der Waals surface area (Å²) in [6.07, 6.45) is 6.87. The first-order valence-corrected chi connectivity index (χ1v) is 11.2. The molecule has 6 heterocycles. The molecule has 10 heteroatoms. The van der Waals surface area contributed by atoms with Gasteiger partial charge in [0.25, 0.3) is 0 Å². The van der Waals surface area contributed by atoms with E-state index in [2.05, 4.69) is 37.0 Å². The number of nitrogens with one attached hydrogen (secondary N) is 3. The van der Waals surface area contributed by atoms with Crippen molar-refractivity contribution in [3.63, 3.8) is 0 Å². The van der Waals surface area contributed by atoms with Crippen LogP contribution < -0.4 is 5.32 Å². The van der Waals surface area contributed by atoms with Gasteiger partial charge in [0.15, 0.2) is 11.5 Å². The molecule has 0 unspecified atom stereocenters. The third-order valence-electron chi connectivity index (χ3n) is 5.14. The molecule has 0 saturated heterocycles. The van der Waals surface area contributed by atoms with Gasteiger partial charge >= 0.3 is 0 Å². The number of hydrogen-bond donors (Lipinski definition) is 3. The number of rotatable bonds is 5. The van der Waals surface area contributed by atoms with Crippen LogP contribution in [0.3, 0.4) is 0 Å². The topological polar surface area (TPSA) is 108 Å². The zero-order chi connectivity index (χ0) is 22.4. The number of hydrogen-bond acceptors (Lipinski definition) is 7. The molecule has 6 aromatic rings. The van der Waals surface area contributed by atoms with Crippen molar-refractivity contribution in [2.45, 2.75) is 0 Å². The van der Waals surface area contributed by atoms with Gasteiger partial charge in [-0.2, -0.15) is 5.10 Å². The van der Waals surface area contributed by atoms with Gasteiger partial charge in [0, 0.05) is 18.0 Å². The summed E-state index contributed by atoms with van der Waals surface area (Å²) >= 11 is 7.60. The third-order valence-corrected chi connectivity index (χ3v) is 6.38. The Morgan fingerprint density at radius 2 is 1.91 bits per heavy atom. The monoisotopic (exact) mass is 470 g/mol. The molecule has 0 atom stereocenters. The smallest absolute Gasteiger partial charge is 0.161 e. The summed E-state index contributed by atoms with van der Waals surface area (Å²) in [5.41, 5.74) is 7.03. The van der Waals surface area contributed by atoms with Crippen molar-refractivity contribution in [3.05, 3.63) is 72.1 Å². The SMILES string of the molecule is C=CNc1cncc(-c2ccc3[nH]nc(-c4nc5c(-c6ccc(Cl)s6)nccc5[nH]4)c3n2)c1. The van der Waals surface area contributed by atoms with E-state index in [4.69, 9.17) is 21.6 Å². The highest BCUT2D eigenvalue weighted by Crippen LogP contribution is 2.35. The molecule has 33 heavy (non-hydrogen) atoms. The van der Waals surface area contributed by atoms with Crippen molar-refractivity contribution in [1.29, 1.82) is 0 Å². The summed E-state index contributed by atoms with van der Waals surface area (Å²) in [6.45, 7) is 3.69. The molecule has 6 rings (SSSR count). The molecular weight excluding hydrogens is 456 g/mol. The van der Waals surface area contributed by atoms with Gasteiger partial charge in [-0.25, -0.2) is 9.97 Å². The molecule has 3 N–H and O–H groups in total. The largest absolute Gasteiger partial charge is 0.361 e. The predicted molar refractivity (Wildman–Crippen MR) is 132 cm³/mol. The van der Waals surface area contributed by atoms with E-state index in [1.165, 1.54) is 11.3 Å². The normalized spacial score (nSPS) is 11.3. The molecule has 6 aromatic heterocycles. The zero-order valence-corrected chi connectivity index (χ0v) is 18.6. The summed E-state index contributed by atoms with van der Waals surface area (Å²) in [6, 6.07) is 11.5. The van der Waals surface area contributed by atoms with Crippen molar-refractivity contribution in [1.82, 2.24) is 35.1 Å². The van der Waals surface area contributed by atoms with E-state index in [1.807, 2.05) is 36.4 Å². The van der Waals surface area contributed by atoms with Crippen LogP contribution in [0.25, 0.3) is 55.4 Å². The van der Waals surface area contributed by atoms with Gasteiger partial charge in [-0.3, -0.25) is 15.1 Å². The lowest BCUT2D eigenvalue weighted by Crippen LogP contribution is -1.91. The molecule has 0 saturated carbocycles. The molecule has 0 radical (unpaired) electrons. The molecular formula is C23H15ClN8S. The van der Waals surface area contributed by atoms with Gasteiger partial charge in [0.1, 0.15) is 16.7 Å². The number of fused-ring (bicyclic) bond motifs is 2. The van der Waals surface area contributed by atoms with Gasteiger partial charge in [0.05, 0.1) is 37.8 Å². The zero-order valence-electron chi connectivity index (χ0n) is 17.0. The van der Waals surface area contributed by atoms with Gasteiger partial charge in [-0.15, -0.1) is 11.3 Å². The second kappa shape index (κ2) is 7.80. The van der Waals surface area contributed by atoms with Crippen LogP contribution in [0.5, 0.6) is 0 Å². The predicted octanol–water partition coefficient (Wildman–Crippen LogP) is 5.90. The highest BCUT2D eigenvalue weighted by molar-refractivity contribution is 7.19. The van der Waals surface area contributed by atoms with Crippen molar-refractivity contribution < 1.29 is 0 Å². The Bertz CT molecular complexity index is 1650. The second-order valence-corrected chi connectivity index (χ2v) is 8.94. The number of thiophene rings is 1. The number of H-pyrrole nitrogens is 2. The molecule has 0 bridgehead atoms. The van der Waals surface area contributed by atoms with E-state index in [0.717, 1.165) is 44.1 Å². The average molecular weight is 471 g/mol. The van der Waals surface area contributed by atoms with Crippen LogP contribution in [-0.4, -0.2) is 35.1 Å². The van der Waals surface area contributed by atoms with Crippen molar-refractivity contribution in [2.75, 3.05) is 5.32 Å². The Morgan fingerprint density at radius 1 is 1.00 bits per heavy atom. The van der Waals surface area contributed by atoms with Crippen LogP contribution >= 0.6 is 22.9 Å². The molecule has 0 aliphatic carbocycles. The minimum Gasteiger partial charge on any atom is -0.361 e. The summed E-state index contributed by atoms with van der Waals surface area (Å²) in [5, 5.41) is 10.6. The van der Waals surface area contributed by atoms with Crippen LogP contribution in [0.2, 0.25) is 4.34 Å². The Balaban J connectivity index is 1.47. The van der Waals surface area contributed by atoms with E-state index < -0.39 is 0 Å². The van der Waals surface area contributed by atoms with Crippen molar-refractivity contribution >= 4 is 50.7 Å². The first-order chi connectivity index (χ1) is 16.2. The maximum atomic E-state index is 6.13. The number of halogens is 1. The lowest BCUT2D eigenvalue weighted by Gasteiger charge is -2.04. The minimum atomic E-state index is 0.609. The molecule has 0 fully saturated rings. The molecule has 160 valence electrons. The van der Waals surface area contributed by atoms with E-state index in [9.17, 15) is 0 Å². The Morgan fingerprint density at radius 3 is 2.76 bits per heavy atom. The quantitative estimate of drug-likeness (QED) is 0.289. The first kappa shape index (κ1) is 19.6. The maximum absolute atomic E-state index is 6.13. The first-order valence-electron chi connectivity index (χ1n) is 9.98. The van der Waals surface area contributed by atoms with E-state index >= 15 is 0 Å². The number of aromatic nitrogens is 7. The van der Waals surface area contributed by atoms with Gasteiger partial charge in [-0.1, -0.05) is 18.2 Å². The Labute approximate surface area is 196 Å². The summed E-state index contributed by atoms with van der Waals surface area (Å²) in [4.78, 5) is 22.8. The summed E-state index contributed by atoms with van der Waals surface area (Å²) in [5.74, 6) is 0.609. The van der Waals surface area contributed by atoms with E-state index in [1.54, 1.807) is 24.8 Å². The van der Waals surface area contributed by atoms with Crippen LogP contribution in [0.1, 0.15) is 0 Å². The van der Waals surface area contributed by atoms with Crippen molar-refractivity contribution in [2.24, 2.45) is 0 Å². The minimum absolute atomic E-state index is 0.609. The fraction of sp³-hybridized carbons (Fsp3) is 0. The molecule has 0 spiro atoms. The second-order valence-electron chi connectivity index (χ2n) is 7.22. The molecule has 0 aliphatic rings. The number of pyridine rings is 3. The number of anilines is 1. The highest BCUT2D eigenvalue weighted by atomic mass is 35.5. The third kappa shape index (κ3) is 3.43. The molecule has 0 amide bonds. The van der Waals surface area contributed by atoms with Crippen LogP contribution in [-0.2, 0) is 0 Å². The highest BCUT2D eigenvalue weighted by Gasteiger charge is 2.18. The lowest BCUT2D eigenvalue weighted by atomic mass is 10.1. The van der Waals surface area contributed by atoms with Crippen LogP contribution in [0.4, 0.5) is 5.69 Å². The number of imidazole rings is 1. The maximum Gasteiger partial charge on any atom is 0.161 e. The van der Waals surface area contributed by atoms with E-state index in [-0.39, 0.29) is 0 Å². The van der Waals surface area contributed by atoms with E-state index in [0.29, 0.717) is 21.4 Å². The van der Waals surface area contributed by atoms with Gasteiger partial charge in [0.2, 0.25) is 0 Å². The Kier molecular flexibility index (Phi) is 4.63. The Hall–Kier alpha value is -4.08. The lowest BCUT2D eigenvalue weighted by molar-refractivity contribution is 1.10. The van der Waals surface area contributed by atoms with Crippen LogP contribution in [0, 0.1) is 0 Å². The molecule has 0 aromatic carbocycles. The average Bonchev–Trinajstić information content (AvgIpc) is 3.56. The summed E-state index contributed by atoms with van der Waals surface area (Å²) < 4.78 is 0.705. The van der Waals surface area contributed by atoms with Crippen LogP contribution in [0.15, 0.2) is 67.8 Å². The number of nitrogens with zero attached hydrogens (tertiary/aromatic N) is 5. The summed E-state index contributed by atoms with van der Waals surface area (Å²) in [7, 11) is 0. The van der Waals surface area contributed by atoms with Crippen molar-refractivity contribution in [3.8, 4) is 33.3 Å². The molecule has 8 nitrogen and oxygen atoms in total. The van der Waals surface area contributed by atoms with Gasteiger partial charge in [-0.05, 0) is 42.6 Å². The molecule has 0 aliphatic heterocycles. The fourth-order valence-electron chi connectivity index (χ4n) is 3.67.